The van der Waals surface area contributed by atoms with Gasteiger partial charge in [0.2, 0.25) is 23.6 Å². The lowest BCUT2D eigenvalue weighted by atomic mass is 10.1. The minimum atomic E-state index is -0.744. The number of hydrogen-bond donors (Lipinski definition) is 6. The Hall–Kier alpha value is -3.26. The maximum absolute atomic E-state index is 12.0. The fourth-order valence-electron chi connectivity index (χ4n) is 5.81. The summed E-state index contributed by atoms with van der Waals surface area (Å²) in [5.41, 5.74) is 0. The molecule has 0 aliphatic heterocycles. The summed E-state index contributed by atoms with van der Waals surface area (Å²) in [5.74, 6) is -1.35. The summed E-state index contributed by atoms with van der Waals surface area (Å²) in [6.07, 6.45) is 21.6. The zero-order chi connectivity index (χ0) is 40.5. The normalized spacial score (nSPS) is 10.9. The van der Waals surface area contributed by atoms with Crippen molar-refractivity contribution >= 4 is 35.6 Å². The first-order valence-corrected chi connectivity index (χ1v) is 21.4. The Bertz CT molecular complexity index is 922. The van der Waals surface area contributed by atoms with Crippen molar-refractivity contribution < 1.29 is 48.5 Å². The van der Waals surface area contributed by atoms with E-state index >= 15 is 0 Å². The lowest BCUT2D eigenvalue weighted by Gasteiger charge is -2.08. The van der Waals surface area contributed by atoms with E-state index in [2.05, 4.69) is 21.3 Å². The topological polar surface area (TPSA) is 209 Å². The van der Waals surface area contributed by atoms with Gasteiger partial charge in [0.1, 0.15) is 0 Å². The monoisotopic (exact) mass is 785 g/mol. The summed E-state index contributed by atoms with van der Waals surface area (Å²) in [4.78, 5) is 68.8. The van der Waals surface area contributed by atoms with Gasteiger partial charge in [0, 0.05) is 77.9 Å². The van der Waals surface area contributed by atoms with Crippen molar-refractivity contribution in [3.8, 4) is 0 Å². The average molecular weight is 785 g/mol. The van der Waals surface area contributed by atoms with E-state index in [1.165, 1.54) is 0 Å². The predicted octanol–water partition coefficient (Wildman–Crippen LogP) is 6.19. The molecule has 0 aromatic rings. The molecule has 0 fully saturated rings. The van der Waals surface area contributed by atoms with Gasteiger partial charge in [-0.25, -0.2) is 0 Å². The number of carbonyl (C=O) groups excluding carboxylic acids is 4. The first-order chi connectivity index (χ1) is 26.7. The van der Waals surface area contributed by atoms with Gasteiger partial charge in [-0.2, -0.15) is 0 Å². The maximum Gasteiger partial charge on any atom is 0.303 e. The van der Waals surface area contributed by atoms with Gasteiger partial charge in [-0.05, 0) is 57.8 Å². The molecule has 0 spiro atoms. The van der Waals surface area contributed by atoms with E-state index in [0.717, 1.165) is 128 Å². The van der Waals surface area contributed by atoms with Crippen molar-refractivity contribution in [1.29, 1.82) is 0 Å². The van der Waals surface area contributed by atoms with Gasteiger partial charge in [-0.1, -0.05) is 77.0 Å². The minimum Gasteiger partial charge on any atom is -0.481 e. The molecule has 0 saturated heterocycles. The zero-order valence-corrected chi connectivity index (χ0v) is 33.9. The third kappa shape index (κ3) is 43.3. The Balaban J connectivity index is 3.36. The molecule has 55 heavy (non-hydrogen) atoms. The molecule has 0 radical (unpaired) electrons. The van der Waals surface area contributed by atoms with Crippen molar-refractivity contribution in [1.82, 2.24) is 21.3 Å². The summed E-state index contributed by atoms with van der Waals surface area (Å²) < 4.78 is 11.1. The molecule has 0 unspecified atom stereocenters. The highest BCUT2D eigenvalue weighted by molar-refractivity contribution is 5.77. The summed E-state index contributed by atoms with van der Waals surface area (Å²) >= 11 is 0. The smallest absolute Gasteiger partial charge is 0.303 e. The number of aliphatic carboxylic acids is 2. The van der Waals surface area contributed by atoms with E-state index in [1.807, 2.05) is 0 Å². The van der Waals surface area contributed by atoms with Crippen molar-refractivity contribution in [3.05, 3.63) is 0 Å². The molecule has 4 amide bonds. The zero-order valence-electron chi connectivity index (χ0n) is 33.9. The number of nitrogens with one attached hydrogen (secondary N) is 4. The molecule has 0 aromatic heterocycles. The Morgan fingerprint density at radius 1 is 0.291 bits per heavy atom. The van der Waals surface area contributed by atoms with E-state index in [4.69, 9.17) is 19.7 Å². The Morgan fingerprint density at radius 2 is 0.545 bits per heavy atom. The predicted molar refractivity (Wildman–Crippen MR) is 214 cm³/mol. The molecule has 0 heterocycles. The van der Waals surface area contributed by atoms with Crippen molar-refractivity contribution in [2.75, 3.05) is 52.6 Å². The second kappa shape index (κ2) is 40.4. The molecule has 0 atom stereocenters. The molecule has 0 rings (SSSR count). The molecule has 14 heteroatoms. The number of hydrogen-bond acceptors (Lipinski definition) is 8. The van der Waals surface area contributed by atoms with E-state index in [-0.39, 0.29) is 36.5 Å². The quantitative estimate of drug-likeness (QED) is 0.0387. The van der Waals surface area contributed by atoms with Crippen LogP contribution < -0.4 is 21.3 Å². The van der Waals surface area contributed by atoms with E-state index in [9.17, 15) is 28.8 Å². The summed E-state index contributed by atoms with van der Waals surface area (Å²) in [6.45, 7) is 4.36. The molecule has 0 aliphatic carbocycles. The lowest BCUT2D eigenvalue weighted by Crippen LogP contribution is -2.25. The Kier molecular flexibility index (Phi) is 38.0. The molecule has 320 valence electrons. The molecular formula is C41H76N4O10. The van der Waals surface area contributed by atoms with Gasteiger partial charge >= 0.3 is 11.9 Å². The van der Waals surface area contributed by atoms with Crippen molar-refractivity contribution in [2.24, 2.45) is 0 Å². The molecule has 14 nitrogen and oxygen atoms in total. The van der Waals surface area contributed by atoms with Gasteiger partial charge in [-0.15, -0.1) is 0 Å². The minimum absolute atomic E-state index is 0.0218. The second-order valence-corrected chi connectivity index (χ2v) is 14.3. The van der Waals surface area contributed by atoms with Crippen LogP contribution in [0.15, 0.2) is 0 Å². The van der Waals surface area contributed by atoms with Gasteiger partial charge in [0.05, 0.1) is 13.2 Å². The van der Waals surface area contributed by atoms with Crippen LogP contribution in [0.25, 0.3) is 0 Å². The van der Waals surface area contributed by atoms with Crippen LogP contribution in [-0.4, -0.2) is 98.4 Å². The molecule has 0 saturated carbocycles. The number of carboxylic acid groups (broad SMARTS) is 2. The maximum atomic E-state index is 12.0. The first-order valence-electron chi connectivity index (χ1n) is 21.4. The highest BCUT2D eigenvalue weighted by Crippen LogP contribution is 2.08. The summed E-state index contributed by atoms with van der Waals surface area (Å²) in [7, 11) is 0. The number of carboxylic acids is 2. The molecule has 0 aromatic carbocycles. The standard InChI is InChI=1S/C41H76N4O10/c46-36(42-28-17-11-3-7-15-24-40(50)51)22-13-5-1-9-19-30-44-38(48)26-34-54-32-21-33-55-35-27-39(49)45-31-20-10-2-6-14-23-37(47)43-29-18-12-4-8-16-25-41(52)53/h1-35H2,(H,42,46)(H,43,47)(H,44,48)(H,45,49)(H,50,51)(H,52,53). The second-order valence-electron chi connectivity index (χ2n) is 14.3. The number of ether oxygens (including phenoxy) is 2. The van der Waals surface area contributed by atoms with Crippen LogP contribution >= 0.6 is 0 Å². The molecule has 0 aliphatic rings. The van der Waals surface area contributed by atoms with Crippen LogP contribution in [0.3, 0.4) is 0 Å². The molecule has 0 bridgehead atoms. The van der Waals surface area contributed by atoms with E-state index in [1.54, 1.807) is 0 Å². The van der Waals surface area contributed by atoms with Crippen LogP contribution in [0.5, 0.6) is 0 Å². The van der Waals surface area contributed by atoms with Crippen LogP contribution in [-0.2, 0) is 38.2 Å². The number of carbonyl (C=O) groups is 6. The fourth-order valence-corrected chi connectivity index (χ4v) is 5.81. The fraction of sp³-hybridized carbons (Fsp3) is 0.854. The largest absolute Gasteiger partial charge is 0.481 e. The molecule has 6 N–H and O–H groups in total. The number of amides is 4. The lowest BCUT2D eigenvalue weighted by molar-refractivity contribution is -0.138. The van der Waals surface area contributed by atoms with E-state index in [0.29, 0.717) is 84.7 Å². The third-order valence-electron chi connectivity index (χ3n) is 9.11. The highest BCUT2D eigenvalue weighted by atomic mass is 16.5. The van der Waals surface area contributed by atoms with E-state index < -0.39 is 11.9 Å². The number of unbranched alkanes of at least 4 members (excludes halogenated alkanes) is 16. The van der Waals surface area contributed by atoms with Crippen molar-refractivity contribution in [2.45, 2.75) is 173 Å². The summed E-state index contributed by atoms with van der Waals surface area (Å²) in [5, 5.41) is 29.0. The Morgan fingerprint density at radius 3 is 0.855 bits per heavy atom. The van der Waals surface area contributed by atoms with Gasteiger partial charge in [-0.3, -0.25) is 28.8 Å². The van der Waals surface area contributed by atoms with Gasteiger partial charge < -0.3 is 41.0 Å². The Labute approximate surface area is 330 Å². The van der Waals surface area contributed by atoms with Crippen LogP contribution in [0.4, 0.5) is 0 Å². The van der Waals surface area contributed by atoms with Gasteiger partial charge in [0.25, 0.3) is 0 Å². The highest BCUT2D eigenvalue weighted by Gasteiger charge is 2.05. The average Bonchev–Trinajstić information content (AvgIpc) is 3.14. The summed E-state index contributed by atoms with van der Waals surface area (Å²) in [6, 6.07) is 0. The molecular weight excluding hydrogens is 708 g/mol. The van der Waals surface area contributed by atoms with Crippen LogP contribution in [0, 0.1) is 0 Å². The first kappa shape index (κ1) is 51.7. The third-order valence-corrected chi connectivity index (χ3v) is 9.11. The van der Waals surface area contributed by atoms with Gasteiger partial charge in [0.15, 0.2) is 0 Å². The van der Waals surface area contributed by atoms with Crippen molar-refractivity contribution in [3.63, 3.8) is 0 Å². The van der Waals surface area contributed by atoms with Crippen LogP contribution in [0.2, 0.25) is 0 Å². The number of rotatable bonds is 42. The SMILES string of the molecule is O=C(O)CCCCCCCNC(=O)CCCCCCCNC(=O)CCOCCCOCCC(=O)NCCCCCCCC(=O)NCCCCCCCC(=O)O. The van der Waals surface area contributed by atoms with Crippen LogP contribution in [0.1, 0.15) is 173 Å².